The van der Waals surface area contributed by atoms with Gasteiger partial charge in [0, 0.05) is 12.8 Å². The fourth-order valence-corrected chi connectivity index (χ4v) is 2.85. The summed E-state index contributed by atoms with van der Waals surface area (Å²) in [5, 5.41) is 2.99. The Bertz CT molecular complexity index is 745. The molecule has 1 aliphatic heterocycles. The number of likely N-dealkylation sites (tertiary alicyclic amines) is 1. The van der Waals surface area contributed by atoms with Crippen molar-refractivity contribution in [2.75, 3.05) is 38.7 Å². The quantitative estimate of drug-likeness (QED) is 0.723. The van der Waals surface area contributed by atoms with Crippen molar-refractivity contribution in [1.29, 1.82) is 0 Å². The second kappa shape index (κ2) is 9.39. The zero-order chi connectivity index (χ0) is 19.1. The number of urea groups is 1. The zero-order valence-corrected chi connectivity index (χ0v) is 15.8. The van der Waals surface area contributed by atoms with Gasteiger partial charge in [0.2, 0.25) is 0 Å². The van der Waals surface area contributed by atoms with Crippen LogP contribution in [-0.4, -0.2) is 50.4 Å². The molecule has 6 nitrogen and oxygen atoms in total. The normalized spacial score (nSPS) is 13.9. The van der Waals surface area contributed by atoms with Crippen LogP contribution < -0.4 is 10.1 Å². The van der Waals surface area contributed by atoms with E-state index in [-0.39, 0.29) is 12.1 Å². The molecule has 1 heterocycles. The molecular formula is C21H26N2O4. The Kier molecular flexibility index (Phi) is 6.68. The van der Waals surface area contributed by atoms with E-state index in [0.717, 1.165) is 22.6 Å². The zero-order valence-electron chi connectivity index (χ0n) is 15.8. The Morgan fingerprint density at radius 1 is 1.11 bits per heavy atom. The molecule has 2 amide bonds. The predicted octanol–water partition coefficient (Wildman–Crippen LogP) is 3.45. The van der Waals surface area contributed by atoms with Gasteiger partial charge in [-0.3, -0.25) is 0 Å². The Morgan fingerprint density at radius 3 is 2.63 bits per heavy atom. The Labute approximate surface area is 160 Å². The lowest BCUT2D eigenvalue weighted by Gasteiger charge is -2.38. The number of amides is 2. The van der Waals surface area contributed by atoms with Crippen molar-refractivity contribution in [3.05, 3.63) is 59.7 Å². The number of anilines is 1. The first kappa shape index (κ1) is 19.2. The van der Waals surface area contributed by atoms with E-state index in [0.29, 0.717) is 32.9 Å². The van der Waals surface area contributed by atoms with Crippen LogP contribution in [0.2, 0.25) is 0 Å². The topological polar surface area (TPSA) is 60.0 Å². The van der Waals surface area contributed by atoms with Crippen molar-refractivity contribution in [2.45, 2.75) is 19.6 Å². The number of methoxy groups -OCH3 is 1. The van der Waals surface area contributed by atoms with Crippen LogP contribution in [0.4, 0.5) is 10.5 Å². The molecule has 144 valence electrons. The summed E-state index contributed by atoms with van der Waals surface area (Å²) < 4.78 is 16.4. The van der Waals surface area contributed by atoms with Crippen LogP contribution in [0.1, 0.15) is 11.1 Å². The van der Waals surface area contributed by atoms with Crippen molar-refractivity contribution >= 4 is 11.7 Å². The first-order chi connectivity index (χ1) is 13.2. The fourth-order valence-electron chi connectivity index (χ4n) is 2.85. The highest BCUT2D eigenvalue weighted by Gasteiger charge is 2.31. The lowest BCUT2D eigenvalue weighted by Crippen LogP contribution is -2.56. The van der Waals surface area contributed by atoms with E-state index >= 15 is 0 Å². The Hall–Kier alpha value is -2.57. The van der Waals surface area contributed by atoms with E-state index in [1.807, 2.05) is 55.5 Å². The minimum absolute atomic E-state index is 0.0950. The molecule has 0 radical (unpaired) electrons. The highest BCUT2D eigenvalue weighted by atomic mass is 16.5. The van der Waals surface area contributed by atoms with E-state index in [2.05, 4.69) is 5.32 Å². The van der Waals surface area contributed by atoms with Crippen LogP contribution in [0.15, 0.2) is 48.5 Å². The minimum Gasteiger partial charge on any atom is -0.489 e. The van der Waals surface area contributed by atoms with Crippen molar-refractivity contribution in [2.24, 2.45) is 0 Å². The second-order valence-corrected chi connectivity index (χ2v) is 6.51. The molecule has 0 spiro atoms. The number of ether oxygens (including phenoxy) is 3. The minimum atomic E-state index is -0.106. The molecule has 0 aromatic heterocycles. The summed E-state index contributed by atoms with van der Waals surface area (Å²) >= 11 is 0. The number of benzene rings is 2. The molecule has 0 unspecified atom stereocenters. The van der Waals surface area contributed by atoms with Gasteiger partial charge < -0.3 is 24.4 Å². The smallest absolute Gasteiger partial charge is 0.322 e. The largest absolute Gasteiger partial charge is 0.489 e. The van der Waals surface area contributed by atoms with Crippen molar-refractivity contribution in [3.63, 3.8) is 0 Å². The maximum atomic E-state index is 12.4. The first-order valence-corrected chi connectivity index (χ1v) is 9.10. The second-order valence-electron chi connectivity index (χ2n) is 6.51. The number of nitrogens with one attached hydrogen (secondary N) is 1. The van der Waals surface area contributed by atoms with Gasteiger partial charge in [-0.25, -0.2) is 4.79 Å². The first-order valence-electron chi connectivity index (χ1n) is 9.10. The third kappa shape index (κ3) is 5.21. The molecule has 6 heteroatoms. The van der Waals surface area contributed by atoms with E-state index in [1.54, 1.807) is 12.0 Å². The van der Waals surface area contributed by atoms with Crippen LogP contribution in [0.5, 0.6) is 5.75 Å². The summed E-state index contributed by atoms with van der Waals surface area (Å²) in [7, 11) is 1.64. The van der Waals surface area contributed by atoms with Gasteiger partial charge in [0.15, 0.2) is 0 Å². The maximum absolute atomic E-state index is 12.4. The highest BCUT2D eigenvalue weighted by Crippen LogP contribution is 2.22. The van der Waals surface area contributed by atoms with Gasteiger partial charge in [-0.05, 0) is 36.2 Å². The van der Waals surface area contributed by atoms with E-state index in [4.69, 9.17) is 14.2 Å². The molecule has 2 aromatic rings. The van der Waals surface area contributed by atoms with Crippen molar-refractivity contribution in [1.82, 2.24) is 4.90 Å². The molecular weight excluding hydrogens is 344 g/mol. The lowest BCUT2D eigenvalue weighted by molar-refractivity contribution is -0.0486. The van der Waals surface area contributed by atoms with E-state index < -0.39 is 0 Å². The summed E-state index contributed by atoms with van der Waals surface area (Å²) in [6.07, 6.45) is 0.0950. The number of hydrogen-bond acceptors (Lipinski definition) is 4. The Morgan fingerprint density at radius 2 is 1.89 bits per heavy atom. The van der Waals surface area contributed by atoms with Crippen LogP contribution in [0.3, 0.4) is 0 Å². The average Bonchev–Trinajstić information content (AvgIpc) is 2.65. The summed E-state index contributed by atoms with van der Waals surface area (Å²) in [6.45, 7) is 4.78. The van der Waals surface area contributed by atoms with Crippen molar-refractivity contribution < 1.29 is 19.0 Å². The standard InChI is InChI=1S/C21H26N2O4/c1-16-17(15-27-18-8-4-3-5-9-18)7-6-10-20(16)22-21(24)23-13-19(14-23)26-12-11-25-2/h3-10,19H,11-15H2,1-2H3,(H,22,24). The summed E-state index contributed by atoms with van der Waals surface area (Å²) in [5.41, 5.74) is 2.86. The third-order valence-corrected chi connectivity index (χ3v) is 4.60. The van der Waals surface area contributed by atoms with Crippen LogP contribution in [-0.2, 0) is 16.1 Å². The van der Waals surface area contributed by atoms with Gasteiger partial charge in [0.25, 0.3) is 0 Å². The molecule has 1 saturated heterocycles. The molecule has 1 aliphatic rings. The summed E-state index contributed by atoms with van der Waals surface area (Å²) in [4.78, 5) is 14.2. The molecule has 1 fully saturated rings. The highest BCUT2D eigenvalue weighted by molar-refractivity contribution is 5.90. The van der Waals surface area contributed by atoms with Crippen LogP contribution in [0.25, 0.3) is 0 Å². The number of carbonyl (C=O) groups is 1. The monoisotopic (exact) mass is 370 g/mol. The SMILES string of the molecule is COCCOC1CN(C(=O)Nc2cccc(COc3ccccc3)c2C)C1. The van der Waals surface area contributed by atoms with E-state index in [9.17, 15) is 4.79 Å². The van der Waals surface area contributed by atoms with Gasteiger partial charge in [0.1, 0.15) is 12.4 Å². The summed E-state index contributed by atoms with van der Waals surface area (Å²) in [6, 6.07) is 15.4. The molecule has 0 saturated carbocycles. The van der Waals surface area contributed by atoms with Gasteiger partial charge in [-0.1, -0.05) is 30.3 Å². The molecule has 0 bridgehead atoms. The van der Waals surface area contributed by atoms with Crippen LogP contribution in [0, 0.1) is 6.92 Å². The summed E-state index contributed by atoms with van der Waals surface area (Å²) in [5.74, 6) is 0.825. The number of carbonyl (C=O) groups excluding carboxylic acids is 1. The average molecular weight is 370 g/mol. The predicted molar refractivity (Wildman–Crippen MR) is 104 cm³/mol. The Balaban J connectivity index is 1.51. The number of rotatable bonds is 8. The molecule has 1 N–H and O–H groups in total. The van der Waals surface area contributed by atoms with E-state index in [1.165, 1.54) is 0 Å². The number of nitrogens with zero attached hydrogens (tertiary/aromatic N) is 1. The van der Waals surface area contributed by atoms with Gasteiger partial charge in [0.05, 0.1) is 32.4 Å². The molecule has 27 heavy (non-hydrogen) atoms. The van der Waals surface area contributed by atoms with Gasteiger partial charge in [-0.2, -0.15) is 0 Å². The molecule has 2 aromatic carbocycles. The van der Waals surface area contributed by atoms with Gasteiger partial charge >= 0.3 is 6.03 Å². The molecule has 3 rings (SSSR count). The number of hydrogen-bond donors (Lipinski definition) is 1. The molecule has 0 aliphatic carbocycles. The fraction of sp³-hybridized carbons (Fsp3) is 0.381. The number of para-hydroxylation sites is 1. The van der Waals surface area contributed by atoms with Crippen molar-refractivity contribution in [3.8, 4) is 5.75 Å². The lowest BCUT2D eigenvalue weighted by atomic mass is 10.1. The van der Waals surface area contributed by atoms with Crippen LogP contribution >= 0.6 is 0 Å². The third-order valence-electron chi connectivity index (χ3n) is 4.60. The maximum Gasteiger partial charge on any atom is 0.322 e. The molecule has 0 atom stereocenters. The van der Waals surface area contributed by atoms with Gasteiger partial charge in [-0.15, -0.1) is 0 Å².